The number of halogens is 1. The molecule has 1 aromatic carbocycles. The lowest BCUT2D eigenvalue weighted by atomic mass is 10.0. The van der Waals surface area contributed by atoms with Gasteiger partial charge in [0.1, 0.15) is 6.54 Å². The van der Waals surface area contributed by atoms with E-state index in [1.807, 2.05) is 18.2 Å². The van der Waals surface area contributed by atoms with Crippen molar-refractivity contribution in [2.45, 2.75) is 31.8 Å². The van der Waals surface area contributed by atoms with E-state index >= 15 is 0 Å². The minimum absolute atomic E-state index is 0. The molecule has 1 saturated heterocycles. The van der Waals surface area contributed by atoms with Gasteiger partial charge in [0.2, 0.25) is 5.91 Å². The van der Waals surface area contributed by atoms with Gasteiger partial charge in [-0.05, 0) is 31.7 Å². The maximum absolute atomic E-state index is 11.8. The fourth-order valence-electron chi connectivity index (χ4n) is 2.68. The molecule has 1 aliphatic heterocycles. The van der Waals surface area contributed by atoms with Crippen LogP contribution in [0.25, 0.3) is 0 Å². The Balaban J connectivity index is 0.00000338. The highest BCUT2D eigenvalue weighted by atomic mass is 127. The smallest absolute Gasteiger partial charge is 0.243 e. The fraction of sp³-hybridized carbons (Fsp3) is 0.579. The van der Waals surface area contributed by atoms with E-state index in [1.165, 1.54) is 5.56 Å². The largest absolute Gasteiger partial charge is 0.373 e. The average molecular weight is 474 g/mol. The van der Waals surface area contributed by atoms with Gasteiger partial charge in [0.25, 0.3) is 0 Å². The first-order valence-electron chi connectivity index (χ1n) is 8.89. The highest BCUT2D eigenvalue weighted by molar-refractivity contribution is 14.0. The number of carbonyl (C=O) groups is 1. The maximum atomic E-state index is 11.8. The van der Waals surface area contributed by atoms with Crippen LogP contribution in [0.15, 0.2) is 35.3 Å². The van der Waals surface area contributed by atoms with E-state index in [2.05, 4.69) is 34.7 Å². The molecule has 0 bridgehead atoms. The second-order valence-corrected chi connectivity index (χ2v) is 6.87. The van der Waals surface area contributed by atoms with Gasteiger partial charge in [-0.25, -0.2) is 4.99 Å². The van der Waals surface area contributed by atoms with Gasteiger partial charge in [-0.2, -0.15) is 0 Å². The molecule has 1 aromatic rings. The number of guanidine groups is 1. The summed E-state index contributed by atoms with van der Waals surface area (Å²) >= 11 is 0. The Morgan fingerprint density at radius 1 is 1.27 bits per heavy atom. The van der Waals surface area contributed by atoms with E-state index in [0.29, 0.717) is 12.5 Å². The van der Waals surface area contributed by atoms with E-state index in [4.69, 9.17) is 4.74 Å². The van der Waals surface area contributed by atoms with Crippen LogP contribution in [-0.4, -0.2) is 62.7 Å². The van der Waals surface area contributed by atoms with Crippen LogP contribution in [0.4, 0.5) is 0 Å². The summed E-state index contributed by atoms with van der Waals surface area (Å²) in [5.41, 5.74) is 1.11. The summed E-state index contributed by atoms with van der Waals surface area (Å²) in [6, 6.07) is 10.3. The summed E-state index contributed by atoms with van der Waals surface area (Å²) in [5.74, 6) is 0.635. The van der Waals surface area contributed by atoms with Gasteiger partial charge in [0.15, 0.2) is 5.96 Å². The second kappa shape index (κ2) is 11.4. The molecule has 26 heavy (non-hydrogen) atoms. The van der Waals surface area contributed by atoms with Crippen LogP contribution in [-0.2, 0) is 16.0 Å². The van der Waals surface area contributed by atoms with Crippen LogP contribution in [0.1, 0.15) is 25.3 Å². The van der Waals surface area contributed by atoms with Gasteiger partial charge in [-0.15, -0.1) is 24.0 Å². The van der Waals surface area contributed by atoms with Crippen molar-refractivity contribution in [1.82, 2.24) is 15.5 Å². The van der Waals surface area contributed by atoms with Crippen LogP contribution >= 0.6 is 24.0 Å². The van der Waals surface area contributed by atoms with Gasteiger partial charge in [0, 0.05) is 33.8 Å². The van der Waals surface area contributed by atoms with Crippen LogP contribution in [0, 0.1) is 0 Å². The molecule has 6 nitrogen and oxygen atoms in total. The Morgan fingerprint density at radius 2 is 2.00 bits per heavy atom. The first kappa shape index (κ1) is 22.7. The van der Waals surface area contributed by atoms with Crippen molar-refractivity contribution in [3.8, 4) is 0 Å². The molecule has 1 unspecified atom stereocenters. The maximum Gasteiger partial charge on any atom is 0.243 e. The third-order valence-corrected chi connectivity index (χ3v) is 4.35. The summed E-state index contributed by atoms with van der Waals surface area (Å²) in [6.07, 6.45) is 3.02. The molecule has 1 atom stereocenters. The zero-order valence-corrected chi connectivity index (χ0v) is 18.3. The number of hydrogen-bond acceptors (Lipinski definition) is 3. The van der Waals surface area contributed by atoms with Gasteiger partial charge in [0.05, 0.1) is 5.60 Å². The van der Waals surface area contributed by atoms with E-state index < -0.39 is 0 Å². The Bertz CT molecular complexity index is 572. The van der Waals surface area contributed by atoms with Crippen LogP contribution in [0.3, 0.4) is 0 Å². The first-order valence-corrected chi connectivity index (χ1v) is 8.89. The average Bonchev–Trinajstić information content (AvgIpc) is 3.04. The topological polar surface area (TPSA) is 66.0 Å². The normalized spacial score (nSPS) is 19.6. The van der Waals surface area contributed by atoms with Crippen molar-refractivity contribution < 1.29 is 9.53 Å². The minimum Gasteiger partial charge on any atom is -0.373 e. The minimum atomic E-state index is -0.159. The standard InChI is InChI=1S/C19H30N4O2.HI/c1-19(11-7-13-25-19)15-22-18(21-14-17(24)23(2)3)20-12-10-16-8-5-4-6-9-16;/h4-6,8-9H,7,10-15H2,1-3H3,(H2,20,21,22);1H. The molecule has 0 radical (unpaired) electrons. The number of amides is 1. The fourth-order valence-corrected chi connectivity index (χ4v) is 2.68. The number of rotatable bonds is 7. The molecule has 1 heterocycles. The van der Waals surface area contributed by atoms with Gasteiger partial charge in [-0.1, -0.05) is 30.3 Å². The quantitative estimate of drug-likeness (QED) is 0.361. The highest BCUT2D eigenvalue weighted by Gasteiger charge is 2.29. The summed E-state index contributed by atoms with van der Waals surface area (Å²) in [5, 5.41) is 6.64. The molecule has 1 fully saturated rings. The molecule has 1 aliphatic rings. The predicted molar refractivity (Wildman–Crippen MR) is 116 cm³/mol. The Labute approximate surface area is 173 Å². The molecule has 0 aliphatic carbocycles. The number of ether oxygens (including phenoxy) is 1. The zero-order chi connectivity index (χ0) is 18.1. The molecule has 7 heteroatoms. The lowest BCUT2D eigenvalue weighted by Gasteiger charge is -2.25. The van der Waals surface area contributed by atoms with Crippen molar-refractivity contribution in [2.75, 3.05) is 40.3 Å². The summed E-state index contributed by atoms with van der Waals surface area (Å²) < 4.78 is 5.81. The zero-order valence-electron chi connectivity index (χ0n) is 16.0. The lowest BCUT2D eigenvalue weighted by molar-refractivity contribution is -0.127. The number of aliphatic imine (C=N–C) groups is 1. The number of benzene rings is 1. The second-order valence-electron chi connectivity index (χ2n) is 6.87. The van der Waals surface area contributed by atoms with Crippen LogP contribution < -0.4 is 10.6 Å². The van der Waals surface area contributed by atoms with Crippen molar-refractivity contribution >= 4 is 35.8 Å². The molecule has 2 rings (SSSR count). The van der Waals surface area contributed by atoms with E-state index in [9.17, 15) is 4.79 Å². The van der Waals surface area contributed by atoms with Crippen molar-refractivity contribution in [3.05, 3.63) is 35.9 Å². The summed E-state index contributed by atoms with van der Waals surface area (Å²) in [4.78, 5) is 17.8. The van der Waals surface area contributed by atoms with E-state index in [0.717, 1.165) is 32.4 Å². The Kier molecular flexibility index (Phi) is 9.93. The van der Waals surface area contributed by atoms with E-state index in [-0.39, 0.29) is 42.0 Å². The van der Waals surface area contributed by atoms with Gasteiger partial charge in [-0.3, -0.25) is 4.79 Å². The highest BCUT2D eigenvalue weighted by Crippen LogP contribution is 2.23. The molecular weight excluding hydrogens is 443 g/mol. The van der Waals surface area contributed by atoms with E-state index in [1.54, 1.807) is 19.0 Å². The number of nitrogens with zero attached hydrogens (tertiary/aromatic N) is 2. The molecular formula is C19H31IN4O2. The number of likely N-dealkylation sites (N-methyl/N-ethyl adjacent to an activating group) is 1. The van der Waals surface area contributed by atoms with Gasteiger partial charge < -0.3 is 20.3 Å². The molecule has 2 N–H and O–H groups in total. The number of hydrogen-bond donors (Lipinski definition) is 2. The predicted octanol–water partition coefficient (Wildman–Crippen LogP) is 2.04. The Hall–Kier alpha value is -1.35. The summed E-state index contributed by atoms with van der Waals surface area (Å²) in [6.45, 7) is 4.49. The first-order chi connectivity index (χ1) is 12.0. The molecule has 0 saturated carbocycles. The SMILES string of the molecule is CN(C)C(=O)CN=C(NCCc1ccccc1)NCC1(C)CCCO1.I. The number of carbonyl (C=O) groups excluding carboxylic acids is 1. The van der Waals surface area contributed by atoms with Crippen molar-refractivity contribution in [2.24, 2.45) is 4.99 Å². The Morgan fingerprint density at radius 3 is 2.62 bits per heavy atom. The van der Waals surface area contributed by atoms with Crippen LogP contribution in [0.2, 0.25) is 0 Å². The summed E-state index contributed by atoms with van der Waals surface area (Å²) in [7, 11) is 3.47. The van der Waals surface area contributed by atoms with Gasteiger partial charge >= 0.3 is 0 Å². The molecule has 0 aromatic heterocycles. The lowest BCUT2D eigenvalue weighted by Crippen LogP contribution is -2.46. The van der Waals surface area contributed by atoms with Crippen LogP contribution in [0.5, 0.6) is 0 Å². The third-order valence-electron chi connectivity index (χ3n) is 4.35. The van der Waals surface area contributed by atoms with Crippen molar-refractivity contribution in [3.63, 3.8) is 0 Å². The molecule has 1 amide bonds. The monoisotopic (exact) mass is 474 g/mol. The number of nitrogens with one attached hydrogen (secondary N) is 2. The van der Waals surface area contributed by atoms with Crippen molar-refractivity contribution in [1.29, 1.82) is 0 Å². The third kappa shape index (κ3) is 7.90. The molecule has 146 valence electrons. The molecule has 0 spiro atoms.